The van der Waals surface area contributed by atoms with Gasteiger partial charge in [0.05, 0.1) is 0 Å². The molecule has 2 atom stereocenters. The number of hydrogen-bond acceptors (Lipinski definition) is 3. The van der Waals surface area contributed by atoms with Crippen molar-refractivity contribution in [1.82, 2.24) is 4.90 Å². The van der Waals surface area contributed by atoms with E-state index < -0.39 is 0 Å². The van der Waals surface area contributed by atoms with E-state index in [0.29, 0.717) is 11.7 Å². The number of likely N-dealkylation sites (tertiary alicyclic amines) is 1. The van der Waals surface area contributed by atoms with E-state index in [1.54, 1.807) is 0 Å². The molecule has 2 unspecified atom stereocenters. The molecule has 0 aromatic rings. The summed E-state index contributed by atoms with van der Waals surface area (Å²) in [5.41, 5.74) is 0. The predicted octanol–water partition coefficient (Wildman–Crippen LogP) is 2.18. The molecule has 0 aromatic heterocycles. The number of ketones is 1. The number of Topliss-reactive ketones (excluding diaryl/α,β-unsaturated/α-hetero) is 1. The smallest absolute Gasteiger partial charge is 0.133 e. The van der Waals surface area contributed by atoms with Crippen LogP contribution in [0.25, 0.3) is 0 Å². The molecule has 0 N–H and O–H groups in total. The number of nitrogens with zero attached hydrogens (tertiary/aromatic N) is 1. The molecule has 2 aliphatic rings. The van der Waals surface area contributed by atoms with Crippen LogP contribution in [0.1, 0.15) is 32.1 Å². The molecule has 1 aliphatic heterocycles. The summed E-state index contributed by atoms with van der Waals surface area (Å²) < 4.78 is 0. The fourth-order valence-corrected chi connectivity index (χ4v) is 3.49. The maximum atomic E-state index is 11.3. The van der Waals surface area contributed by atoms with E-state index in [1.165, 1.54) is 32.5 Å². The zero-order chi connectivity index (χ0) is 10.7. The molecule has 2 rings (SSSR count). The van der Waals surface area contributed by atoms with Crippen molar-refractivity contribution < 1.29 is 4.79 Å². The van der Waals surface area contributed by atoms with Gasteiger partial charge < -0.3 is 4.90 Å². The van der Waals surface area contributed by atoms with Crippen LogP contribution in [0.15, 0.2) is 0 Å². The minimum absolute atomic E-state index is 0.492. The predicted molar refractivity (Wildman–Crippen MR) is 65.3 cm³/mol. The van der Waals surface area contributed by atoms with Crippen LogP contribution in [0.4, 0.5) is 0 Å². The van der Waals surface area contributed by atoms with Gasteiger partial charge in [-0.25, -0.2) is 0 Å². The monoisotopic (exact) mass is 227 g/mol. The Labute approximate surface area is 96.8 Å². The second-order valence-electron chi connectivity index (χ2n) is 4.91. The molecule has 1 saturated carbocycles. The minimum atomic E-state index is 0.492. The Morgan fingerprint density at radius 2 is 2.33 bits per heavy atom. The SMILES string of the molecule is CSC1CCN(CC2CCCC(=O)C2)C1. The fourth-order valence-electron chi connectivity index (χ4n) is 2.79. The Hall–Kier alpha value is -0.0200. The molecule has 0 radical (unpaired) electrons. The molecular formula is C12H21NOS. The summed E-state index contributed by atoms with van der Waals surface area (Å²) >= 11 is 1.99. The molecule has 1 saturated heterocycles. The molecule has 1 aliphatic carbocycles. The van der Waals surface area contributed by atoms with Gasteiger partial charge in [-0.3, -0.25) is 4.79 Å². The highest BCUT2D eigenvalue weighted by atomic mass is 32.2. The lowest BCUT2D eigenvalue weighted by Crippen LogP contribution is -2.30. The van der Waals surface area contributed by atoms with E-state index in [9.17, 15) is 4.79 Å². The fraction of sp³-hybridized carbons (Fsp3) is 0.917. The molecule has 2 nitrogen and oxygen atoms in total. The van der Waals surface area contributed by atoms with E-state index in [1.807, 2.05) is 11.8 Å². The minimum Gasteiger partial charge on any atom is -0.302 e. The maximum Gasteiger partial charge on any atom is 0.133 e. The molecule has 1 heterocycles. The first-order valence-corrected chi connectivity index (χ1v) is 7.33. The average molecular weight is 227 g/mol. The van der Waals surface area contributed by atoms with Gasteiger partial charge in [-0.1, -0.05) is 0 Å². The molecule has 2 fully saturated rings. The Morgan fingerprint density at radius 1 is 1.47 bits per heavy atom. The summed E-state index contributed by atoms with van der Waals surface area (Å²) in [7, 11) is 0. The van der Waals surface area contributed by atoms with Gasteiger partial charge in [0.1, 0.15) is 5.78 Å². The first-order chi connectivity index (χ1) is 7.28. The summed E-state index contributed by atoms with van der Waals surface area (Å²) in [5.74, 6) is 1.15. The lowest BCUT2D eigenvalue weighted by atomic mass is 9.88. The highest BCUT2D eigenvalue weighted by Gasteiger charge is 2.26. The van der Waals surface area contributed by atoms with Crippen LogP contribution in [-0.2, 0) is 4.79 Å². The van der Waals surface area contributed by atoms with E-state index in [-0.39, 0.29) is 0 Å². The Balaban J connectivity index is 1.74. The molecule has 0 bridgehead atoms. The van der Waals surface area contributed by atoms with Gasteiger partial charge in [0.25, 0.3) is 0 Å². The van der Waals surface area contributed by atoms with Crippen molar-refractivity contribution in [2.75, 3.05) is 25.9 Å². The molecule has 0 amide bonds. The Bertz CT molecular complexity index is 232. The van der Waals surface area contributed by atoms with Crippen LogP contribution in [-0.4, -0.2) is 41.8 Å². The zero-order valence-corrected chi connectivity index (χ0v) is 10.4. The van der Waals surface area contributed by atoms with Crippen LogP contribution in [0, 0.1) is 5.92 Å². The first kappa shape index (κ1) is 11.5. The van der Waals surface area contributed by atoms with Crippen LogP contribution in [0.3, 0.4) is 0 Å². The van der Waals surface area contributed by atoms with E-state index in [4.69, 9.17) is 0 Å². The van der Waals surface area contributed by atoms with E-state index >= 15 is 0 Å². The van der Waals surface area contributed by atoms with Crippen LogP contribution in [0.2, 0.25) is 0 Å². The second kappa shape index (κ2) is 5.35. The lowest BCUT2D eigenvalue weighted by molar-refractivity contribution is -0.121. The van der Waals surface area contributed by atoms with Crippen molar-refractivity contribution in [3.05, 3.63) is 0 Å². The lowest BCUT2D eigenvalue weighted by Gasteiger charge is -2.26. The van der Waals surface area contributed by atoms with Crippen molar-refractivity contribution in [3.63, 3.8) is 0 Å². The van der Waals surface area contributed by atoms with E-state index in [0.717, 1.165) is 24.5 Å². The van der Waals surface area contributed by atoms with Gasteiger partial charge >= 0.3 is 0 Å². The number of carbonyl (C=O) groups is 1. The van der Waals surface area contributed by atoms with Crippen molar-refractivity contribution in [2.24, 2.45) is 5.92 Å². The van der Waals surface area contributed by atoms with Gasteiger partial charge in [-0.05, 0) is 38.0 Å². The molecular weight excluding hydrogens is 206 g/mol. The standard InChI is InChI=1S/C12H21NOS/c1-15-12-5-6-13(9-12)8-10-3-2-4-11(14)7-10/h10,12H,2-9H2,1H3. The topological polar surface area (TPSA) is 20.3 Å². The van der Waals surface area contributed by atoms with Crippen molar-refractivity contribution in [3.8, 4) is 0 Å². The molecule has 0 aromatic carbocycles. The Morgan fingerprint density at radius 3 is 3.00 bits per heavy atom. The molecule has 3 heteroatoms. The van der Waals surface area contributed by atoms with Gasteiger partial charge in [0.2, 0.25) is 0 Å². The third-order valence-corrected chi connectivity index (χ3v) is 4.71. The van der Waals surface area contributed by atoms with Gasteiger partial charge in [-0.15, -0.1) is 0 Å². The van der Waals surface area contributed by atoms with Gasteiger partial charge in [-0.2, -0.15) is 11.8 Å². The normalized spacial score (nSPS) is 33.5. The summed E-state index contributed by atoms with van der Waals surface area (Å²) in [5, 5.41) is 0.837. The van der Waals surface area contributed by atoms with Gasteiger partial charge in [0.15, 0.2) is 0 Å². The molecule has 0 spiro atoms. The summed E-state index contributed by atoms with van der Waals surface area (Å²) in [6.07, 6.45) is 7.62. The van der Waals surface area contributed by atoms with Crippen molar-refractivity contribution in [1.29, 1.82) is 0 Å². The summed E-state index contributed by atoms with van der Waals surface area (Å²) in [4.78, 5) is 13.9. The summed E-state index contributed by atoms with van der Waals surface area (Å²) in [6, 6.07) is 0. The van der Waals surface area contributed by atoms with Crippen LogP contribution >= 0.6 is 11.8 Å². The molecule has 86 valence electrons. The number of rotatable bonds is 3. The third-order valence-electron chi connectivity index (χ3n) is 3.66. The summed E-state index contributed by atoms with van der Waals surface area (Å²) in [6.45, 7) is 3.66. The average Bonchev–Trinajstić information content (AvgIpc) is 2.65. The van der Waals surface area contributed by atoms with E-state index in [2.05, 4.69) is 11.2 Å². The van der Waals surface area contributed by atoms with Crippen molar-refractivity contribution in [2.45, 2.75) is 37.4 Å². The number of hydrogen-bond donors (Lipinski definition) is 0. The highest BCUT2D eigenvalue weighted by Crippen LogP contribution is 2.26. The van der Waals surface area contributed by atoms with Crippen LogP contribution < -0.4 is 0 Å². The maximum absolute atomic E-state index is 11.3. The quantitative estimate of drug-likeness (QED) is 0.737. The van der Waals surface area contributed by atoms with Crippen LogP contribution in [0.5, 0.6) is 0 Å². The number of thioether (sulfide) groups is 1. The largest absolute Gasteiger partial charge is 0.302 e. The molecule has 15 heavy (non-hydrogen) atoms. The van der Waals surface area contributed by atoms with Crippen molar-refractivity contribution >= 4 is 17.5 Å². The zero-order valence-electron chi connectivity index (χ0n) is 9.58. The first-order valence-electron chi connectivity index (χ1n) is 6.05. The number of carbonyl (C=O) groups excluding carboxylic acids is 1. The Kier molecular flexibility index (Phi) is 4.09. The second-order valence-corrected chi connectivity index (χ2v) is 6.05. The highest BCUT2D eigenvalue weighted by molar-refractivity contribution is 7.99. The van der Waals surface area contributed by atoms with Gasteiger partial charge in [0, 0.05) is 31.2 Å². The third kappa shape index (κ3) is 3.22.